The first-order chi connectivity index (χ1) is 14.9. The Morgan fingerprint density at radius 2 is 1.83 bits per heavy atom. The number of hydrogen-bond donors (Lipinski definition) is 5. The zero-order valence-corrected chi connectivity index (χ0v) is 15.1. The summed E-state index contributed by atoms with van der Waals surface area (Å²) in [6.45, 7) is -0.736. The molecule has 2 aromatic carbocycles. The van der Waals surface area contributed by atoms with E-state index in [4.69, 9.17) is 8.85 Å². The maximum absolute atomic E-state index is 13.3. The van der Waals surface area contributed by atoms with Gasteiger partial charge < -0.3 is 30.3 Å². The fourth-order valence-corrected chi connectivity index (χ4v) is 4.22. The first kappa shape index (κ1) is 15.9. The Kier molecular flexibility index (Phi) is 3.60. The molecule has 5 N–H and O–H groups in total. The Morgan fingerprint density at radius 3 is 2.52 bits per heavy atom. The van der Waals surface area contributed by atoms with Crippen molar-refractivity contribution in [2.75, 3.05) is 13.6 Å². The Morgan fingerprint density at radius 1 is 1.14 bits per heavy atom. The molecule has 2 aliphatic carbocycles. The van der Waals surface area contributed by atoms with Gasteiger partial charge in [0.15, 0.2) is 5.78 Å². The highest BCUT2D eigenvalue weighted by atomic mass is 16.5. The second-order valence-corrected chi connectivity index (χ2v) is 7.32. The van der Waals surface area contributed by atoms with Gasteiger partial charge in [-0.2, -0.15) is 0 Å². The molecular weight excluding hydrogens is 381 g/mol. The van der Waals surface area contributed by atoms with Crippen molar-refractivity contribution in [2.24, 2.45) is 0 Å². The molecule has 0 heterocycles. The smallest absolute Gasteiger partial charge is 0.202 e. The van der Waals surface area contributed by atoms with E-state index >= 15 is 0 Å². The van der Waals surface area contributed by atoms with Crippen molar-refractivity contribution < 1.29 is 44.0 Å². The lowest BCUT2D eigenvalue weighted by molar-refractivity contribution is -0.102. The Bertz CT molecular complexity index is 1160. The number of carbonyl (C=O) groups excluding carboxylic acids is 2. The molecule has 2 atom stereocenters. The molecule has 8 nitrogen and oxygen atoms in total. The minimum Gasteiger partial charge on any atom is -0.507 e. The number of hydrogen-bond acceptors (Lipinski definition) is 8. The number of aliphatic hydroxyl groups excluding tert-OH is 2. The molecule has 0 spiro atoms. The van der Waals surface area contributed by atoms with Gasteiger partial charge in [0.25, 0.3) is 0 Å². The molecule has 2 aliphatic rings. The number of ketones is 2. The molecule has 2 aromatic rings. The van der Waals surface area contributed by atoms with Gasteiger partial charge in [0.05, 0.1) is 40.0 Å². The maximum Gasteiger partial charge on any atom is 0.202 e. The first-order valence-electron chi connectivity index (χ1n) is 10.4. The largest absolute Gasteiger partial charge is 0.507 e. The van der Waals surface area contributed by atoms with E-state index in [1.54, 1.807) is 0 Å². The molecule has 4 rings (SSSR count). The SMILES string of the molecule is [2H][13C]([2H])([2H])Oc1cccc2c1C(=O)c1c(O)c3c(c(O)c1C2=O)C[C@](O)(C(O)CO)CC3. The third-order valence-corrected chi connectivity index (χ3v) is 5.81. The Labute approximate surface area is 169 Å². The van der Waals surface area contributed by atoms with Crippen LogP contribution in [-0.4, -0.2) is 62.4 Å². The van der Waals surface area contributed by atoms with E-state index in [1.807, 2.05) is 0 Å². The average molecular weight is 404 g/mol. The lowest BCUT2D eigenvalue weighted by Gasteiger charge is -2.38. The fourth-order valence-electron chi connectivity index (χ4n) is 4.22. The minimum atomic E-state index is -2.89. The van der Waals surface area contributed by atoms with E-state index in [1.165, 1.54) is 18.2 Å². The number of ether oxygens (including phenoxy) is 1. The normalized spacial score (nSPS) is 23.2. The lowest BCUT2D eigenvalue weighted by Crippen LogP contribution is -2.48. The van der Waals surface area contributed by atoms with Gasteiger partial charge in [-0.25, -0.2) is 0 Å². The van der Waals surface area contributed by atoms with Crippen molar-refractivity contribution in [2.45, 2.75) is 31.0 Å². The van der Waals surface area contributed by atoms with Gasteiger partial charge in [-0.1, -0.05) is 12.1 Å². The van der Waals surface area contributed by atoms with Crippen LogP contribution in [0.25, 0.3) is 0 Å². The van der Waals surface area contributed by atoms with Crippen LogP contribution >= 0.6 is 0 Å². The number of rotatable bonds is 3. The zero-order valence-electron chi connectivity index (χ0n) is 18.1. The van der Waals surface area contributed by atoms with Gasteiger partial charge in [-0.3, -0.25) is 9.59 Å². The molecule has 0 saturated carbocycles. The Hall–Kier alpha value is -2.94. The molecule has 29 heavy (non-hydrogen) atoms. The van der Waals surface area contributed by atoms with E-state index in [0.29, 0.717) is 0 Å². The highest BCUT2D eigenvalue weighted by Crippen LogP contribution is 2.48. The first-order valence-corrected chi connectivity index (χ1v) is 8.92. The topological polar surface area (TPSA) is 145 Å². The van der Waals surface area contributed by atoms with Crippen molar-refractivity contribution in [3.05, 3.63) is 51.6 Å². The second kappa shape index (κ2) is 6.55. The van der Waals surface area contributed by atoms with Crippen LogP contribution < -0.4 is 4.74 Å². The van der Waals surface area contributed by atoms with Crippen molar-refractivity contribution in [3.63, 3.8) is 0 Å². The summed E-state index contributed by atoms with van der Waals surface area (Å²) >= 11 is 0. The predicted molar refractivity (Wildman–Crippen MR) is 99.7 cm³/mol. The van der Waals surface area contributed by atoms with Crippen LogP contribution in [0.15, 0.2) is 18.2 Å². The maximum atomic E-state index is 13.3. The molecule has 152 valence electrons. The van der Waals surface area contributed by atoms with Gasteiger partial charge >= 0.3 is 0 Å². The highest BCUT2D eigenvalue weighted by molar-refractivity contribution is 6.31. The minimum absolute atomic E-state index is 0.0120. The van der Waals surface area contributed by atoms with Crippen molar-refractivity contribution >= 4 is 11.6 Å². The summed E-state index contributed by atoms with van der Waals surface area (Å²) in [4.78, 5) is 26.5. The van der Waals surface area contributed by atoms with Crippen LogP contribution in [0.5, 0.6) is 17.2 Å². The van der Waals surface area contributed by atoms with Gasteiger partial charge in [0.1, 0.15) is 23.4 Å². The third-order valence-electron chi connectivity index (χ3n) is 5.81. The van der Waals surface area contributed by atoms with E-state index < -0.39 is 59.5 Å². The fraction of sp³-hybridized carbons (Fsp3) is 0.333. The van der Waals surface area contributed by atoms with E-state index in [0.717, 1.165) is 0 Å². The summed E-state index contributed by atoms with van der Waals surface area (Å²) in [5.41, 5.74) is -3.20. The van der Waals surface area contributed by atoms with E-state index in [-0.39, 0.29) is 47.3 Å². The summed E-state index contributed by atoms with van der Waals surface area (Å²) < 4.78 is 26.8. The average Bonchev–Trinajstić information content (AvgIpc) is 2.72. The van der Waals surface area contributed by atoms with E-state index in [9.17, 15) is 35.1 Å². The molecule has 0 fully saturated rings. The zero-order chi connectivity index (χ0) is 23.6. The van der Waals surface area contributed by atoms with Gasteiger partial charge in [0, 0.05) is 23.1 Å². The summed E-state index contributed by atoms with van der Waals surface area (Å²) in [7, 11) is -2.89. The predicted octanol–water partition coefficient (Wildman–Crippen LogP) is 0.455. The molecule has 0 aromatic heterocycles. The number of phenols is 2. The number of aliphatic hydroxyl groups is 3. The molecule has 0 radical (unpaired) electrons. The van der Waals surface area contributed by atoms with Crippen LogP contribution in [0.3, 0.4) is 0 Å². The second-order valence-electron chi connectivity index (χ2n) is 7.32. The molecule has 0 amide bonds. The molecule has 0 bridgehead atoms. The number of aromatic hydroxyl groups is 2. The number of fused-ring (bicyclic) bond motifs is 3. The van der Waals surface area contributed by atoms with Crippen molar-refractivity contribution in [3.8, 4) is 17.2 Å². The third kappa shape index (κ3) is 2.57. The quantitative estimate of drug-likeness (QED) is 0.313. The van der Waals surface area contributed by atoms with Crippen LogP contribution in [0, 0.1) is 0 Å². The van der Waals surface area contributed by atoms with Crippen molar-refractivity contribution in [1.82, 2.24) is 0 Å². The summed E-state index contributed by atoms with van der Waals surface area (Å²) in [6.07, 6.45) is -2.03. The van der Waals surface area contributed by atoms with Crippen LogP contribution in [0.4, 0.5) is 0 Å². The Balaban J connectivity index is 1.92. The molecular formula is C21H20O8. The molecule has 0 saturated heterocycles. The summed E-state index contributed by atoms with van der Waals surface area (Å²) in [6, 6.07) is 3.81. The van der Waals surface area contributed by atoms with Gasteiger partial charge in [0.2, 0.25) is 5.78 Å². The number of carbonyl (C=O) groups is 2. The number of benzene rings is 2. The molecule has 1 unspecified atom stereocenters. The molecule has 8 heteroatoms. The summed E-state index contributed by atoms with van der Waals surface area (Å²) in [5, 5.41) is 51.7. The standard InChI is InChI=1S/C21H20O8/c1-29-12-4-2-3-10-14(12)20(27)16-15(18(10)25)19(26)11-7-21(28,13(23)8-22)6-5-9(11)17(16)24/h2-4,13,22-24,26,28H,5-8H2,1H3/t13?,21-/m0/s1/i1+1D3. The lowest BCUT2D eigenvalue weighted by atomic mass is 9.72. The monoisotopic (exact) mass is 404 g/mol. The van der Waals surface area contributed by atoms with E-state index in [2.05, 4.69) is 0 Å². The highest BCUT2D eigenvalue weighted by Gasteiger charge is 2.45. The molecule has 0 aliphatic heterocycles. The van der Waals surface area contributed by atoms with Gasteiger partial charge in [-0.05, 0) is 18.9 Å². The van der Waals surface area contributed by atoms with Crippen LogP contribution in [0.2, 0.25) is 0 Å². The van der Waals surface area contributed by atoms with Crippen LogP contribution in [0.1, 0.15) is 53.5 Å². The van der Waals surface area contributed by atoms with Gasteiger partial charge in [-0.15, -0.1) is 0 Å². The summed E-state index contributed by atoms with van der Waals surface area (Å²) in [5.74, 6) is -3.27. The van der Waals surface area contributed by atoms with Crippen molar-refractivity contribution in [1.29, 1.82) is 0 Å². The van der Waals surface area contributed by atoms with Crippen LogP contribution in [-0.2, 0) is 12.8 Å². The number of methoxy groups -OCH3 is 1. The number of phenolic OH excluding ortho intramolecular Hbond substituents is 2.